The van der Waals surface area contributed by atoms with Crippen LogP contribution in [-0.2, 0) is 11.2 Å². The van der Waals surface area contributed by atoms with Gasteiger partial charge in [-0.25, -0.2) is 18.4 Å². The molecule has 8 heteroatoms. The van der Waals surface area contributed by atoms with E-state index in [4.69, 9.17) is 4.74 Å². The lowest BCUT2D eigenvalue weighted by atomic mass is 10.0. The van der Waals surface area contributed by atoms with Crippen LogP contribution in [0.3, 0.4) is 0 Å². The number of anilines is 1. The second-order valence-electron chi connectivity index (χ2n) is 8.84. The van der Waals surface area contributed by atoms with Gasteiger partial charge in [-0.2, -0.15) is 0 Å². The molecule has 0 bridgehead atoms. The standard InChI is InChI=1S/C27H36F2N2O4/c1-4-6-7-8-9-16-31(26(34)30-24-14-13-21(28)19-23(24)29)17-15-20-11-10-12-22(18-20)35-27(3,5-2)25(32)33/h10-14,18-19H,4-9,15-17H2,1-3H3,(H,30,34)(H,32,33). The van der Waals surface area contributed by atoms with E-state index in [1.165, 1.54) is 13.0 Å². The predicted molar refractivity (Wildman–Crippen MR) is 133 cm³/mol. The Labute approximate surface area is 206 Å². The highest BCUT2D eigenvalue weighted by Crippen LogP contribution is 2.23. The summed E-state index contributed by atoms with van der Waals surface area (Å²) in [4.78, 5) is 26.1. The Morgan fingerprint density at radius 1 is 1.03 bits per heavy atom. The van der Waals surface area contributed by atoms with Crippen LogP contribution < -0.4 is 10.1 Å². The van der Waals surface area contributed by atoms with Crippen LogP contribution in [-0.4, -0.2) is 40.7 Å². The first-order valence-electron chi connectivity index (χ1n) is 12.2. The topological polar surface area (TPSA) is 78.9 Å². The molecule has 35 heavy (non-hydrogen) atoms. The summed E-state index contributed by atoms with van der Waals surface area (Å²) < 4.78 is 33.0. The van der Waals surface area contributed by atoms with E-state index < -0.39 is 29.2 Å². The first-order chi connectivity index (χ1) is 16.7. The number of carboxylic acid groups (broad SMARTS) is 1. The van der Waals surface area contributed by atoms with Gasteiger partial charge in [0.25, 0.3) is 0 Å². The highest BCUT2D eigenvalue weighted by atomic mass is 19.1. The summed E-state index contributed by atoms with van der Waals surface area (Å²) in [5, 5.41) is 12.0. The van der Waals surface area contributed by atoms with Crippen LogP contribution in [0.1, 0.15) is 64.9 Å². The van der Waals surface area contributed by atoms with Crippen molar-refractivity contribution in [1.82, 2.24) is 4.90 Å². The molecule has 0 aliphatic heterocycles. The summed E-state index contributed by atoms with van der Waals surface area (Å²) >= 11 is 0. The molecule has 0 aliphatic carbocycles. The third-order valence-corrected chi connectivity index (χ3v) is 6.03. The molecule has 6 nitrogen and oxygen atoms in total. The summed E-state index contributed by atoms with van der Waals surface area (Å²) in [6.45, 7) is 6.28. The lowest BCUT2D eigenvalue weighted by Gasteiger charge is -2.25. The number of amides is 2. The molecule has 0 aromatic heterocycles. The van der Waals surface area contributed by atoms with Crippen LogP contribution in [0.4, 0.5) is 19.3 Å². The predicted octanol–water partition coefficient (Wildman–Crippen LogP) is 6.64. The molecule has 2 aromatic carbocycles. The van der Waals surface area contributed by atoms with Crippen molar-refractivity contribution >= 4 is 17.7 Å². The SMILES string of the molecule is CCCCCCCN(CCc1cccc(OC(C)(CC)C(=O)O)c1)C(=O)Nc1ccc(F)cc1F. The van der Waals surface area contributed by atoms with E-state index in [-0.39, 0.29) is 5.69 Å². The Bertz CT molecular complexity index is 985. The molecule has 2 amide bonds. The Hall–Kier alpha value is -3.16. The Kier molecular flexibility index (Phi) is 11.0. The molecule has 0 saturated heterocycles. The van der Waals surface area contributed by atoms with E-state index in [2.05, 4.69) is 12.2 Å². The van der Waals surface area contributed by atoms with Crippen molar-refractivity contribution in [2.75, 3.05) is 18.4 Å². The largest absolute Gasteiger partial charge is 0.478 e. The molecule has 1 unspecified atom stereocenters. The number of carbonyl (C=O) groups is 2. The second-order valence-corrected chi connectivity index (χ2v) is 8.84. The molecule has 0 aliphatic rings. The number of nitrogens with zero attached hydrogens (tertiary/aromatic N) is 1. The number of carbonyl (C=O) groups excluding carboxylic acids is 1. The highest BCUT2D eigenvalue weighted by Gasteiger charge is 2.33. The third kappa shape index (κ3) is 8.85. The summed E-state index contributed by atoms with van der Waals surface area (Å²) in [6, 6.07) is 9.72. The summed E-state index contributed by atoms with van der Waals surface area (Å²) in [6.07, 6.45) is 5.93. The van der Waals surface area contributed by atoms with Crippen molar-refractivity contribution in [3.8, 4) is 5.75 Å². The second kappa shape index (κ2) is 13.7. The van der Waals surface area contributed by atoms with Crippen molar-refractivity contribution in [3.63, 3.8) is 0 Å². The number of nitrogens with one attached hydrogen (secondary N) is 1. The van der Waals surface area contributed by atoms with Gasteiger partial charge in [0.05, 0.1) is 5.69 Å². The van der Waals surface area contributed by atoms with E-state index in [9.17, 15) is 23.5 Å². The van der Waals surface area contributed by atoms with E-state index in [0.29, 0.717) is 31.7 Å². The molecule has 0 radical (unpaired) electrons. The van der Waals surface area contributed by atoms with Crippen LogP contribution in [0, 0.1) is 11.6 Å². The van der Waals surface area contributed by atoms with Crippen molar-refractivity contribution in [3.05, 3.63) is 59.7 Å². The van der Waals surface area contributed by atoms with Crippen LogP contribution in [0.5, 0.6) is 5.75 Å². The number of rotatable bonds is 14. The van der Waals surface area contributed by atoms with Gasteiger partial charge in [-0.1, -0.05) is 51.7 Å². The maximum atomic E-state index is 14.1. The van der Waals surface area contributed by atoms with Gasteiger partial charge in [0.15, 0.2) is 0 Å². The molecule has 2 N–H and O–H groups in total. The van der Waals surface area contributed by atoms with Crippen molar-refractivity contribution in [1.29, 1.82) is 0 Å². The fourth-order valence-electron chi connectivity index (χ4n) is 3.56. The number of ether oxygens (including phenoxy) is 1. The number of aliphatic carboxylic acids is 1. The maximum Gasteiger partial charge on any atom is 0.347 e. The number of hydrogen-bond acceptors (Lipinski definition) is 3. The molecular formula is C27H36F2N2O4. The zero-order chi connectivity index (χ0) is 25.8. The van der Waals surface area contributed by atoms with Crippen LogP contribution in [0.2, 0.25) is 0 Å². The minimum absolute atomic E-state index is 0.0738. The zero-order valence-electron chi connectivity index (χ0n) is 20.8. The van der Waals surface area contributed by atoms with E-state index >= 15 is 0 Å². The molecule has 0 saturated carbocycles. The van der Waals surface area contributed by atoms with Gasteiger partial charge in [0.2, 0.25) is 5.60 Å². The highest BCUT2D eigenvalue weighted by molar-refractivity contribution is 5.89. The van der Waals surface area contributed by atoms with Gasteiger partial charge >= 0.3 is 12.0 Å². The zero-order valence-corrected chi connectivity index (χ0v) is 20.8. The van der Waals surface area contributed by atoms with Gasteiger partial charge in [0, 0.05) is 19.2 Å². The van der Waals surface area contributed by atoms with Crippen LogP contribution in [0.25, 0.3) is 0 Å². The average molecular weight is 491 g/mol. The molecule has 1 atom stereocenters. The summed E-state index contributed by atoms with van der Waals surface area (Å²) in [5.41, 5.74) is -0.527. The third-order valence-electron chi connectivity index (χ3n) is 6.03. The Morgan fingerprint density at radius 3 is 2.43 bits per heavy atom. The smallest absolute Gasteiger partial charge is 0.347 e. The maximum absolute atomic E-state index is 14.1. The fraction of sp³-hybridized carbons (Fsp3) is 0.481. The number of urea groups is 1. The number of carboxylic acids is 1. The lowest BCUT2D eigenvalue weighted by molar-refractivity contribution is -0.154. The van der Waals surface area contributed by atoms with Gasteiger partial charge in [-0.05, 0) is 56.0 Å². The quantitative estimate of drug-likeness (QED) is 0.291. The van der Waals surface area contributed by atoms with Gasteiger partial charge in [-0.15, -0.1) is 0 Å². The van der Waals surface area contributed by atoms with Gasteiger partial charge < -0.3 is 20.1 Å². The summed E-state index contributed by atoms with van der Waals surface area (Å²) in [5.74, 6) is -2.14. The van der Waals surface area contributed by atoms with E-state index in [0.717, 1.165) is 49.8 Å². The number of halogens is 2. The fourth-order valence-corrected chi connectivity index (χ4v) is 3.56. The molecule has 192 valence electrons. The van der Waals surface area contributed by atoms with Crippen LogP contribution >= 0.6 is 0 Å². The minimum atomic E-state index is -1.33. The van der Waals surface area contributed by atoms with Crippen molar-refractivity contribution in [2.45, 2.75) is 71.3 Å². The van der Waals surface area contributed by atoms with Crippen molar-refractivity contribution in [2.24, 2.45) is 0 Å². The van der Waals surface area contributed by atoms with E-state index in [1.54, 1.807) is 30.0 Å². The molecule has 2 rings (SSSR count). The minimum Gasteiger partial charge on any atom is -0.478 e. The van der Waals surface area contributed by atoms with Gasteiger partial charge in [0.1, 0.15) is 17.4 Å². The molecular weight excluding hydrogens is 454 g/mol. The van der Waals surface area contributed by atoms with E-state index in [1.807, 2.05) is 6.07 Å². The summed E-state index contributed by atoms with van der Waals surface area (Å²) in [7, 11) is 0. The first kappa shape index (κ1) is 28.1. The molecule has 0 heterocycles. The molecule has 0 spiro atoms. The Balaban J connectivity index is 2.08. The monoisotopic (exact) mass is 490 g/mol. The first-order valence-corrected chi connectivity index (χ1v) is 12.2. The van der Waals surface area contributed by atoms with Crippen molar-refractivity contribution < 1.29 is 28.2 Å². The average Bonchev–Trinajstić information content (AvgIpc) is 2.82. The molecule has 0 fully saturated rings. The van der Waals surface area contributed by atoms with Gasteiger partial charge in [-0.3, -0.25) is 0 Å². The number of hydrogen-bond donors (Lipinski definition) is 2. The number of benzene rings is 2. The molecule has 2 aromatic rings. The Morgan fingerprint density at radius 2 is 1.77 bits per heavy atom. The number of unbranched alkanes of at least 4 members (excludes halogenated alkanes) is 4. The normalized spacial score (nSPS) is 12.6. The lowest BCUT2D eigenvalue weighted by Crippen LogP contribution is -2.40. The van der Waals surface area contributed by atoms with Crippen LogP contribution in [0.15, 0.2) is 42.5 Å².